The Bertz CT molecular complexity index is 829. The number of carbonyl (C=O) groups is 1. The highest BCUT2D eigenvalue weighted by atomic mass is 16.5. The van der Waals surface area contributed by atoms with Crippen molar-refractivity contribution in [1.82, 2.24) is 19.8 Å². The van der Waals surface area contributed by atoms with Crippen molar-refractivity contribution < 1.29 is 9.53 Å². The summed E-state index contributed by atoms with van der Waals surface area (Å²) in [5, 5.41) is 0. The highest BCUT2D eigenvalue weighted by molar-refractivity contribution is 5.76. The van der Waals surface area contributed by atoms with E-state index >= 15 is 0 Å². The van der Waals surface area contributed by atoms with E-state index in [-0.39, 0.29) is 11.3 Å². The lowest BCUT2D eigenvalue weighted by Crippen LogP contribution is -2.45. The summed E-state index contributed by atoms with van der Waals surface area (Å²) in [6, 6.07) is 8.34. The Kier molecular flexibility index (Phi) is 6.09. The van der Waals surface area contributed by atoms with Crippen LogP contribution in [0.4, 0.5) is 0 Å². The Labute approximate surface area is 172 Å². The smallest absolute Gasteiger partial charge is 0.222 e. The molecular formula is C23H30N4O2. The fourth-order valence-corrected chi connectivity index (χ4v) is 4.81. The highest BCUT2D eigenvalue weighted by Gasteiger charge is 2.42. The predicted molar refractivity (Wildman–Crippen MR) is 111 cm³/mol. The number of piperidine rings is 1. The summed E-state index contributed by atoms with van der Waals surface area (Å²) in [5.74, 6) is 1.16. The summed E-state index contributed by atoms with van der Waals surface area (Å²) in [5.41, 5.74) is 2.42. The number of hydrogen-bond acceptors (Lipinski definition) is 5. The molecule has 6 nitrogen and oxygen atoms in total. The van der Waals surface area contributed by atoms with Crippen LogP contribution >= 0.6 is 0 Å². The third-order valence-corrected chi connectivity index (χ3v) is 6.28. The van der Waals surface area contributed by atoms with E-state index in [0.717, 1.165) is 50.6 Å². The van der Waals surface area contributed by atoms with Gasteiger partial charge in [0, 0.05) is 56.6 Å². The molecule has 2 saturated heterocycles. The number of hydrogen-bond donors (Lipinski definition) is 0. The average Bonchev–Trinajstić information content (AvgIpc) is 3.16. The third kappa shape index (κ3) is 4.93. The molecule has 0 N–H and O–H groups in total. The molecule has 6 heteroatoms. The van der Waals surface area contributed by atoms with E-state index in [0.29, 0.717) is 12.8 Å². The van der Waals surface area contributed by atoms with Crippen molar-refractivity contribution >= 4 is 5.91 Å². The van der Waals surface area contributed by atoms with Crippen LogP contribution in [0.5, 0.6) is 5.75 Å². The minimum atomic E-state index is 0.248. The summed E-state index contributed by atoms with van der Waals surface area (Å²) in [4.78, 5) is 25.7. The minimum Gasteiger partial charge on any atom is -0.497 e. The molecule has 2 fully saturated rings. The monoisotopic (exact) mass is 394 g/mol. The number of amides is 1. The van der Waals surface area contributed by atoms with Gasteiger partial charge in [-0.1, -0.05) is 12.1 Å². The van der Waals surface area contributed by atoms with Gasteiger partial charge >= 0.3 is 0 Å². The molecule has 3 heterocycles. The van der Waals surface area contributed by atoms with Crippen LogP contribution in [-0.4, -0.2) is 59.0 Å². The minimum absolute atomic E-state index is 0.248. The highest BCUT2D eigenvalue weighted by Crippen LogP contribution is 2.39. The van der Waals surface area contributed by atoms with Crippen molar-refractivity contribution in [2.75, 3.05) is 33.3 Å². The predicted octanol–water partition coefficient (Wildman–Crippen LogP) is 2.93. The van der Waals surface area contributed by atoms with Gasteiger partial charge < -0.3 is 9.64 Å². The van der Waals surface area contributed by atoms with E-state index < -0.39 is 0 Å². The molecule has 1 spiro atoms. The van der Waals surface area contributed by atoms with Crippen LogP contribution in [0.15, 0.2) is 42.9 Å². The van der Waals surface area contributed by atoms with Crippen LogP contribution < -0.4 is 4.74 Å². The van der Waals surface area contributed by atoms with E-state index in [4.69, 9.17) is 4.74 Å². The van der Waals surface area contributed by atoms with Crippen LogP contribution in [0.2, 0.25) is 0 Å². The normalized spacial score (nSPS) is 22.2. The second-order valence-corrected chi connectivity index (χ2v) is 8.43. The zero-order valence-electron chi connectivity index (χ0n) is 17.2. The zero-order chi connectivity index (χ0) is 20.1. The molecule has 0 saturated carbocycles. The Hall–Kier alpha value is -2.47. The molecule has 0 bridgehead atoms. The molecule has 2 aromatic rings. The molecule has 0 unspecified atom stereocenters. The Morgan fingerprint density at radius 3 is 2.97 bits per heavy atom. The standard InChI is InChI=1S/C23H30N4O2/c1-29-21-5-2-4-19(14-21)16-26-12-3-8-23(17-26)9-13-27(18-23)22(28)7-6-20-15-24-10-11-25-20/h2,4-5,10-11,14-15H,3,6-9,12-13,16-18H2,1H3/t23-/m1/s1. The van der Waals surface area contributed by atoms with Crippen molar-refractivity contribution in [3.05, 3.63) is 54.1 Å². The number of ether oxygens (including phenoxy) is 1. The van der Waals surface area contributed by atoms with E-state index in [1.807, 2.05) is 6.07 Å². The molecule has 29 heavy (non-hydrogen) atoms. The summed E-state index contributed by atoms with van der Waals surface area (Å²) in [6.45, 7) is 4.91. The van der Waals surface area contributed by atoms with Gasteiger partial charge in [-0.2, -0.15) is 0 Å². The first kappa shape index (κ1) is 19.8. The maximum atomic E-state index is 12.7. The lowest BCUT2D eigenvalue weighted by molar-refractivity contribution is -0.130. The number of methoxy groups -OCH3 is 1. The van der Waals surface area contributed by atoms with Crippen molar-refractivity contribution in [2.45, 2.75) is 38.6 Å². The Morgan fingerprint density at radius 2 is 2.14 bits per heavy atom. The molecule has 0 aliphatic carbocycles. The van der Waals surface area contributed by atoms with Gasteiger partial charge in [0.25, 0.3) is 0 Å². The van der Waals surface area contributed by atoms with Crippen LogP contribution in [-0.2, 0) is 17.8 Å². The maximum Gasteiger partial charge on any atom is 0.222 e. The first-order chi connectivity index (χ1) is 14.2. The van der Waals surface area contributed by atoms with E-state index in [1.165, 1.54) is 18.4 Å². The SMILES string of the molecule is COc1cccc(CN2CCC[C@@]3(CCN(C(=O)CCc4cnccn4)C3)C2)c1. The summed E-state index contributed by atoms with van der Waals surface area (Å²) in [7, 11) is 1.71. The second kappa shape index (κ2) is 8.91. The van der Waals surface area contributed by atoms with Crippen LogP contribution in [0, 0.1) is 5.41 Å². The van der Waals surface area contributed by atoms with Gasteiger partial charge in [-0.05, 0) is 49.9 Å². The molecule has 4 rings (SSSR count). The van der Waals surface area contributed by atoms with Gasteiger partial charge in [0.15, 0.2) is 0 Å². The van der Waals surface area contributed by atoms with Crippen molar-refractivity contribution in [2.24, 2.45) is 5.41 Å². The third-order valence-electron chi connectivity index (χ3n) is 6.28. The fraction of sp³-hybridized carbons (Fsp3) is 0.522. The number of benzene rings is 1. The van der Waals surface area contributed by atoms with Crippen LogP contribution in [0.25, 0.3) is 0 Å². The number of nitrogens with zero attached hydrogens (tertiary/aromatic N) is 4. The van der Waals surface area contributed by atoms with E-state index in [2.05, 4.69) is 38.0 Å². The summed E-state index contributed by atoms with van der Waals surface area (Å²) in [6.07, 6.45) is 9.80. The largest absolute Gasteiger partial charge is 0.497 e. The van der Waals surface area contributed by atoms with Gasteiger partial charge in [0.2, 0.25) is 5.91 Å². The number of aromatic nitrogens is 2. The lowest BCUT2D eigenvalue weighted by atomic mass is 9.79. The van der Waals surface area contributed by atoms with Gasteiger partial charge in [-0.3, -0.25) is 19.7 Å². The maximum absolute atomic E-state index is 12.7. The number of aryl methyl sites for hydroxylation is 1. The van der Waals surface area contributed by atoms with E-state index in [1.54, 1.807) is 25.7 Å². The van der Waals surface area contributed by atoms with Gasteiger partial charge in [0.05, 0.1) is 12.8 Å². The van der Waals surface area contributed by atoms with Gasteiger partial charge in [-0.25, -0.2) is 0 Å². The van der Waals surface area contributed by atoms with Crippen molar-refractivity contribution in [1.29, 1.82) is 0 Å². The van der Waals surface area contributed by atoms with Gasteiger partial charge in [-0.15, -0.1) is 0 Å². The lowest BCUT2D eigenvalue weighted by Gasteiger charge is -2.40. The Balaban J connectivity index is 1.32. The fourth-order valence-electron chi connectivity index (χ4n) is 4.81. The zero-order valence-corrected chi connectivity index (χ0v) is 17.2. The molecule has 1 amide bonds. The molecule has 1 aromatic heterocycles. The summed E-state index contributed by atoms with van der Waals surface area (Å²) >= 11 is 0. The first-order valence-electron chi connectivity index (χ1n) is 10.5. The topological polar surface area (TPSA) is 58.6 Å². The molecule has 154 valence electrons. The average molecular weight is 395 g/mol. The number of likely N-dealkylation sites (tertiary alicyclic amines) is 2. The van der Waals surface area contributed by atoms with Crippen LogP contribution in [0.3, 0.4) is 0 Å². The molecule has 1 atom stereocenters. The quantitative estimate of drug-likeness (QED) is 0.754. The number of carbonyl (C=O) groups excluding carboxylic acids is 1. The van der Waals surface area contributed by atoms with Crippen LogP contribution in [0.1, 0.15) is 36.9 Å². The van der Waals surface area contributed by atoms with E-state index in [9.17, 15) is 4.79 Å². The second-order valence-electron chi connectivity index (χ2n) is 8.43. The summed E-state index contributed by atoms with van der Waals surface area (Å²) < 4.78 is 5.36. The number of rotatable bonds is 6. The van der Waals surface area contributed by atoms with Crippen molar-refractivity contribution in [3.8, 4) is 5.75 Å². The molecular weight excluding hydrogens is 364 g/mol. The van der Waals surface area contributed by atoms with Crippen molar-refractivity contribution in [3.63, 3.8) is 0 Å². The Morgan fingerprint density at radius 1 is 1.21 bits per heavy atom. The molecule has 1 aromatic carbocycles. The molecule has 0 radical (unpaired) electrons. The molecule has 2 aliphatic heterocycles. The first-order valence-corrected chi connectivity index (χ1v) is 10.5. The molecule has 2 aliphatic rings. The van der Waals surface area contributed by atoms with Gasteiger partial charge in [0.1, 0.15) is 5.75 Å².